The molecule has 0 aliphatic carbocycles. The summed E-state index contributed by atoms with van der Waals surface area (Å²) in [4.78, 5) is 17.4. The summed E-state index contributed by atoms with van der Waals surface area (Å²) in [6.07, 6.45) is 4.99. The van der Waals surface area contributed by atoms with Crippen molar-refractivity contribution in [2.45, 2.75) is 19.3 Å². The van der Waals surface area contributed by atoms with Gasteiger partial charge in [-0.2, -0.15) is 0 Å². The van der Waals surface area contributed by atoms with Gasteiger partial charge in [-0.1, -0.05) is 11.6 Å². The highest BCUT2D eigenvalue weighted by atomic mass is 35.5. The number of likely N-dealkylation sites (tertiary alicyclic amines) is 1. The van der Waals surface area contributed by atoms with Gasteiger partial charge in [0, 0.05) is 12.7 Å². The van der Waals surface area contributed by atoms with Crippen LogP contribution >= 0.6 is 11.6 Å². The second-order valence-electron chi connectivity index (χ2n) is 4.68. The van der Waals surface area contributed by atoms with E-state index in [4.69, 9.17) is 16.7 Å². The van der Waals surface area contributed by atoms with Gasteiger partial charge in [-0.15, -0.1) is 0 Å². The van der Waals surface area contributed by atoms with E-state index in [1.165, 1.54) is 38.2 Å². The third kappa shape index (κ3) is 4.08. The fraction of sp³-hybridized carbons (Fsp3) is 0.538. The van der Waals surface area contributed by atoms with E-state index in [1.54, 1.807) is 0 Å². The van der Waals surface area contributed by atoms with Crippen LogP contribution in [0, 0.1) is 0 Å². The standard InChI is InChI=1S/C13H18ClN3O2/c14-11-9-16-12(8-10(11)13(18)19)15-4-3-7-17-5-1-2-6-17/h8-9H,1-7H2,(H,15,16)(H,18,19). The topological polar surface area (TPSA) is 65.5 Å². The second kappa shape index (κ2) is 6.73. The minimum absolute atomic E-state index is 0.0821. The summed E-state index contributed by atoms with van der Waals surface area (Å²) in [5, 5.41) is 12.3. The molecule has 1 fully saturated rings. The molecule has 104 valence electrons. The highest BCUT2D eigenvalue weighted by molar-refractivity contribution is 6.33. The fourth-order valence-electron chi connectivity index (χ4n) is 2.22. The van der Waals surface area contributed by atoms with Crippen molar-refractivity contribution in [3.05, 3.63) is 22.8 Å². The molecule has 0 aromatic carbocycles. The Morgan fingerprint density at radius 2 is 2.21 bits per heavy atom. The number of aromatic carboxylic acids is 1. The van der Waals surface area contributed by atoms with E-state index in [-0.39, 0.29) is 10.6 Å². The maximum absolute atomic E-state index is 10.9. The van der Waals surface area contributed by atoms with E-state index >= 15 is 0 Å². The number of anilines is 1. The van der Waals surface area contributed by atoms with Crippen LogP contribution < -0.4 is 5.32 Å². The number of aromatic nitrogens is 1. The smallest absolute Gasteiger partial charge is 0.337 e. The van der Waals surface area contributed by atoms with E-state index in [0.29, 0.717) is 5.82 Å². The van der Waals surface area contributed by atoms with Crippen LogP contribution in [0.2, 0.25) is 5.02 Å². The number of carbonyl (C=O) groups is 1. The summed E-state index contributed by atoms with van der Waals surface area (Å²) < 4.78 is 0. The second-order valence-corrected chi connectivity index (χ2v) is 5.09. The lowest BCUT2D eigenvalue weighted by Gasteiger charge is -2.14. The normalized spacial score (nSPS) is 15.6. The molecule has 2 heterocycles. The zero-order valence-electron chi connectivity index (χ0n) is 10.7. The Bertz CT molecular complexity index is 448. The molecule has 0 atom stereocenters. The van der Waals surface area contributed by atoms with Gasteiger partial charge in [0.15, 0.2) is 0 Å². The highest BCUT2D eigenvalue weighted by Gasteiger charge is 2.11. The summed E-state index contributed by atoms with van der Waals surface area (Å²) in [6, 6.07) is 1.47. The summed E-state index contributed by atoms with van der Waals surface area (Å²) in [7, 11) is 0. The first-order valence-corrected chi connectivity index (χ1v) is 6.89. The van der Waals surface area contributed by atoms with Gasteiger partial charge in [0.1, 0.15) is 5.82 Å². The lowest BCUT2D eigenvalue weighted by molar-refractivity contribution is 0.0697. The van der Waals surface area contributed by atoms with Crippen LogP contribution in [-0.2, 0) is 0 Å². The lowest BCUT2D eigenvalue weighted by Crippen LogP contribution is -2.22. The third-order valence-corrected chi connectivity index (χ3v) is 3.54. The number of carboxylic acid groups (broad SMARTS) is 1. The summed E-state index contributed by atoms with van der Waals surface area (Å²) in [6.45, 7) is 4.25. The molecular formula is C13H18ClN3O2. The third-order valence-electron chi connectivity index (χ3n) is 3.24. The minimum atomic E-state index is -1.03. The summed E-state index contributed by atoms with van der Waals surface area (Å²) >= 11 is 5.76. The predicted molar refractivity (Wildman–Crippen MR) is 75.0 cm³/mol. The van der Waals surface area contributed by atoms with Crippen LogP contribution in [0.25, 0.3) is 0 Å². The van der Waals surface area contributed by atoms with Crippen LogP contribution in [0.1, 0.15) is 29.6 Å². The number of nitrogens with zero attached hydrogens (tertiary/aromatic N) is 2. The van der Waals surface area contributed by atoms with Gasteiger partial charge in [0.2, 0.25) is 0 Å². The highest BCUT2D eigenvalue weighted by Crippen LogP contribution is 2.17. The average molecular weight is 284 g/mol. The first kappa shape index (κ1) is 14.1. The van der Waals surface area contributed by atoms with E-state index in [9.17, 15) is 4.79 Å². The summed E-state index contributed by atoms with van der Waals surface area (Å²) in [5.41, 5.74) is 0.0821. The Morgan fingerprint density at radius 1 is 1.47 bits per heavy atom. The van der Waals surface area contributed by atoms with Crippen molar-refractivity contribution in [3.63, 3.8) is 0 Å². The van der Waals surface area contributed by atoms with E-state index in [2.05, 4.69) is 15.2 Å². The van der Waals surface area contributed by atoms with Crippen molar-refractivity contribution in [1.82, 2.24) is 9.88 Å². The molecule has 2 rings (SSSR count). The first-order valence-electron chi connectivity index (χ1n) is 6.52. The maximum Gasteiger partial charge on any atom is 0.337 e. The van der Waals surface area contributed by atoms with Crippen molar-refractivity contribution in [1.29, 1.82) is 0 Å². The van der Waals surface area contributed by atoms with Gasteiger partial charge in [0.05, 0.1) is 10.6 Å². The van der Waals surface area contributed by atoms with Crippen molar-refractivity contribution in [2.75, 3.05) is 31.5 Å². The molecule has 1 aliphatic rings. The Morgan fingerprint density at radius 3 is 2.89 bits per heavy atom. The van der Waals surface area contributed by atoms with Gasteiger partial charge in [-0.3, -0.25) is 0 Å². The van der Waals surface area contributed by atoms with Crippen LogP contribution in [-0.4, -0.2) is 47.1 Å². The number of rotatable bonds is 6. The number of nitrogens with one attached hydrogen (secondary N) is 1. The predicted octanol–water partition coefficient (Wildman–Crippen LogP) is 2.33. The van der Waals surface area contributed by atoms with Crippen LogP contribution in [0.3, 0.4) is 0 Å². The molecule has 0 bridgehead atoms. The van der Waals surface area contributed by atoms with Gasteiger partial charge < -0.3 is 15.3 Å². The molecule has 5 nitrogen and oxygen atoms in total. The molecule has 1 aliphatic heterocycles. The lowest BCUT2D eigenvalue weighted by atomic mass is 10.2. The van der Waals surface area contributed by atoms with E-state index in [1.807, 2.05) is 0 Å². The largest absolute Gasteiger partial charge is 0.478 e. The number of hydrogen-bond acceptors (Lipinski definition) is 4. The number of pyridine rings is 1. The minimum Gasteiger partial charge on any atom is -0.478 e. The molecule has 6 heteroatoms. The molecule has 1 aromatic rings. The quantitative estimate of drug-likeness (QED) is 0.785. The van der Waals surface area contributed by atoms with Crippen LogP contribution in [0.15, 0.2) is 12.3 Å². The molecule has 0 saturated carbocycles. The van der Waals surface area contributed by atoms with Crippen molar-refractivity contribution < 1.29 is 9.90 Å². The Kier molecular flexibility index (Phi) is 4.99. The van der Waals surface area contributed by atoms with Gasteiger partial charge in [-0.25, -0.2) is 9.78 Å². The fourth-order valence-corrected chi connectivity index (χ4v) is 2.41. The monoisotopic (exact) mass is 283 g/mol. The molecule has 19 heavy (non-hydrogen) atoms. The molecule has 0 amide bonds. The van der Waals surface area contributed by atoms with Crippen molar-refractivity contribution in [3.8, 4) is 0 Å². The zero-order chi connectivity index (χ0) is 13.7. The molecule has 1 aromatic heterocycles. The van der Waals surface area contributed by atoms with Crippen molar-refractivity contribution in [2.24, 2.45) is 0 Å². The SMILES string of the molecule is O=C(O)c1cc(NCCCN2CCCC2)ncc1Cl. The molecule has 0 radical (unpaired) electrons. The molecule has 1 saturated heterocycles. The van der Waals surface area contributed by atoms with Gasteiger partial charge in [0.25, 0.3) is 0 Å². The Labute approximate surface area is 117 Å². The van der Waals surface area contributed by atoms with E-state index < -0.39 is 5.97 Å². The van der Waals surface area contributed by atoms with Gasteiger partial charge >= 0.3 is 5.97 Å². The summed E-state index contributed by atoms with van der Waals surface area (Å²) in [5.74, 6) is -0.476. The first-order chi connectivity index (χ1) is 9.16. The molecule has 0 spiro atoms. The molecule has 2 N–H and O–H groups in total. The Balaban J connectivity index is 1.79. The van der Waals surface area contributed by atoms with Crippen molar-refractivity contribution >= 4 is 23.4 Å². The maximum atomic E-state index is 10.9. The number of halogens is 1. The zero-order valence-corrected chi connectivity index (χ0v) is 11.5. The number of hydrogen-bond donors (Lipinski definition) is 2. The van der Waals surface area contributed by atoms with E-state index in [0.717, 1.165) is 19.5 Å². The van der Waals surface area contributed by atoms with Gasteiger partial charge in [-0.05, 0) is 45.0 Å². The number of carboxylic acids is 1. The van der Waals surface area contributed by atoms with Crippen LogP contribution in [0.4, 0.5) is 5.82 Å². The van der Waals surface area contributed by atoms with Crippen LogP contribution in [0.5, 0.6) is 0 Å². The molecular weight excluding hydrogens is 266 g/mol. The molecule has 0 unspecified atom stereocenters. The average Bonchev–Trinajstić information content (AvgIpc) is 2.89. The Hall–Kier alpha value is -1.33.